The first-order chi connectivity index (χ1) is 6.21. The molecule has 14 heavy (non-hydrogen) atoms. The molecule has 11 heteroatoms. The van der Waals surface area contributed by atoms with Crippen molar-refractivity contribution in [3.8, 4) is 0 Å². The maximum atomic E-state index is 11.1. The zero-order valence-corrected chi connectivity index (χ0v) is 8.02. The number of imidazole rings is 1. The van der Waals surface area contributed by atoms with Gasteiger partial charge in [-0.15, -0.1) is 0 Å². The normalized spacial score (nSPS) is 11.6. The standard InChI is InChI=1S/C3H4N2.F2HNO4S2/c1-2-5-3-4-1;1-8(4,5)3-9(2,6)7/h1-3H,(H,4,5);3H. The molecule has 1 heterocycles. The molecule has 0 unspecified atom stereocenters. The lowest BCUT2D eigenvalue weighted by atomic mass is 11.0. The Hall–Kier alpha value is -1.07. The van der Waals surface area contributed by atoms with Gasteiger partial charge in [0.25, 0.3) is 0 Å². The largest absolute Gasteiger partial charge is 0.387 e. The predicted octanol–water partition coefficient (Wildman–Crippen LogP) is -0.586. The fraction of sp³-hybridized carbons (Fsp3) is 0. The number of aromatic amines is 1. The summed E-state index contributed by atoms with van der Waals surface area (Å²) in [6, 6.07) is 0. The van der Waals surface area contributed by atoms with Crippen LogP contribution in [0.4, 0.5) is 7.77 Å². The third kappa shape index (κ3) is 10.9. The van der Waals surface area contributed by atoms with Crippen LogP contribution in [0, 0.1) is 0 Å². The van der Waals surface area contributed by atoms with Gasteiger partial charge in [-0.2, -0.15) is 16.8 Å². The first-order valence-corrected chi connectivity index (χ1v) is 5.58. The van der Waals surface area contributed by atoms with E-state index in [4.69, 9.17) is 0 Å². The SMILES string of the molecule is O=S(=O)(F)NS(=O)(=O)F.c1c[nH]cn1. The molecule has 82 valence electrons. The molecule has 0 bridgehead atoms. The van der Waals surface area contributed by atoms with Gasteiger partial charge in [0.1, 0.15) is 0 Å². The molecule has 0 aliphatic carbocycles. The number of hydrogen-bond acceptors (Lipinski definition) is 5. The van der Waals surface area contributed by atoms with Crippen molar-refractivity contribution in [1.82, 2.24) is 14.1 Å². The Bertz CT molecular complexity index is 391. The Morgan fingerprint density at radius 2 is 1.64 bits per heavy atom. The van der Waals surface area contributed by atoms with Gasteiger partial charge in [-0.25, -0.2) is 4.98 Å². The molecule has 0 aliphatic heterocycles. The van der Waals surface area contributed by atoms with E-state index >= 15 is 0 Å². The molecule has 1 rings (SSSR count). The Kier molecular flexibility index (Phi) is 4.59. The second kappa shape index (κ2) is 4.97. The van der Waals surface area contributed by atoms with Crippen LogP contribution in [0.25, 0.3) is 0 Å². The lowest BCUT2D eigenvalue weighted by Gasteiger charge is -1.87. The molecule has 7 nitrogen and oxygen atoms in total. The van der Waals surface area contributed by atoms with Crippen molar-refractivity contribution in [1.29, 1.82) is 0 Å². The highest BCUT2D eigenvalue weighted by atomic mass is 32.3. The summed E-state index contributed by atoms with van der Waals surface area (Å²) in [4.78, 5) is 6.42. The number of H-pyrrole nitrogens is 1. The van der Waals surface area contributed by atoms with E-state index < -0.39 is 20.8 Å². The zero-order valence-electron chi connectivity index (χ0n) is 6.38. The van der Waals surface area contributed by atoms with Gasteiger partial charge < -0.3 is 4.98 Å². The molecule has 0 saturated carbocycles. The van der Waals surface area contributed by atoms with E-state index in [0.29, 0.717) is 0 Å². The Morgan fingerprint density at radius 1 is 1.14 bits per heavy atom. The van der Waals surface area contributed by atoms with Gasteiger partial charge in [0.2, 0.25) is 0 Å². The summed E-state index contributed by atoms with van der Waals surface area (Å²) >= 11 is 0. The second-order valence-electron chi connectivity index (χ2n) is 1.72. The van der Waals surface area contributed by atoms with Crippen molar-refractivity contribution in [2.24, 2.45) is 0 Å². The molecule has 0 saturated heterocycles. The van der Waals surface area contributed by atoms with E-state index in [-0.39, 0.29) is 4.13 Å². The number of nitrogens with zero attached hydrogens (tertiary/aromatic N) is 1. The monoisotopic (exact) mass is 249 g/mol. The van der Waals surface area contributed by atoms with Crippen molar-refractivity contribution < 1.29 is 24.6 Å². The number of aromatic nitrogens is 2. The highest BCUT2D eigenvalue weighted by molar-refractivity contribution is 7.99. The van der Waals surface area contributed by atoms with E-state index in [9.17, 15) is 24.6 Å². The molecule has 0 atom stereocenters. The van der Waals surface area contributed by atoms with E-state index in [0.717, 1.165) is 0 Å². The maximum absolute atomic E-state index is 11.1. The third-order valence-electron chi connectivity index (χ3n) is 0.605. The minimum Gasteiger partial charge on any atom is -0.351 e. The first kappa shape index (κ1) is 12.9. The summed E-state index contributed by atoms with van der Waals surface area (Å²) in [5.41, 5.74) is 0. The lowest BCUT2D eigenvalue weighted by molar-refractivity contribution is 0.527. The average molecular weight is 249 g/mol. The van der Waals surface area contributed by atoms with Crippen LogP contribution >= 0.6 is 0 Å². The Morgan fingerprint density at radius 3 is 1.71 bits per heavy atom. The van der Waals surface area contributed by atoms with Crippen molar-refractivity contribution in [2.45, 2.75) is 0 Å². The van der Waals surface area contributed by atoms with E-state index in [1.807, 2.05) is 0 Å². The van der Waals surface area contributed by atoms with Crippen molar-refractivity contribution in [3.05, 3.63) is 18.7 Å². The number of rotatable bonds is 2. The molecule has 2 N–H and O–H groups in total. The Labute approximate surface area is 78.9 Å². The lowest BCUT2D eigenvalue weighted by Crippen LogP contribution is -2.23. The van der Waals surface area contributed by atoms with Crippen molar-refractivity contribution in [2.75, 3.05) is 0 Å². The molecule has 0 amide bonds. The number of nitrogens with one attached hydrogen (secondary N) is 2. The number of halogens is 2. The van der Waals surface area contributed by atoms with Gasteiger partial charge >= 0.3 is 20.8 Å². The molecule has 0 spiro atoms. The fourth-order valence-electron chi connectivity index (χ4n) is 0.334. The minimum absolute atomic E-state index is 0.0694. The minimum atomic E-state index is -5.49. The highest BCUT2D eigenvalue weighted by Gasteiger charge is 2.17. The average Bonchev–Trinajstić information content (AvgIpc) is 2.29. The van der Waals surface area contributed by atoms with Gasteiger partial charge in [0.05, 0.1) is 6.33 Å². The molecule has 0 aliphatic rings. The molecule has 0 radical (unpaired) electrons. The topological polar surface area (TPSA) is 109 Å². The van der Waals surface area contributed by atoms with Crippen LogP contribution < -0.4 is 4.13 Å². The summed E-state index contributed by atoms with van der Waals surface area (Å²) in [5.74, 6) is 0. The quantitative estimate of drug-likeness (QED) is 0.681. The van der Waals surface area contributed by atoms with Crippen LogP contribution in [0.3, 0.4) is 0 Å². The van der Waals surface area contributed by atoms with Gasteiger partial charge in [0.15, 0.2) is 0 Å². The third-order valence-corrected chi connectivity index (χ3v) is 2.20. The molecular weight excluding hydrogens is 244 g/mol. The summed E-state index contributed by atoms with van der Waals surface area (Å²) in [6.07, 6.45) is 5.08. The maximum Gasteiger partial charge on any atom is 0.387 e. The van der Waals surface area contributed by atoms with Gasteiger partial charge in [-0.05, 0) is 0 Å². The smallest absolute Gasteiger partial charge is 0.351 e. The van der Waals surface area contributed by atoms with Gasteiger partial charge in [0, 0.05) is 12.4 Å². The van der Waals surface area contributed by atoms with Crippen LogP contribution in [-0.2, 0) is 20.8 Å². The zero-order chi connectivity index (χ0) is 11.2. The van der Waals surface area contributed by atoms with Crippen LogP contribution in [0.15, 0.2) is 18.7 Å². The number of hydrogen-bond donors (Lipinski definition) is 2. The van der Waals surface area contributed by atoms with Crippen LogP contribution in [0.5, 0.6) is 0 Å². The van der Waals surface area contributed by atoms with Crippen LogP contribution in [0.1, 0.15) is 0 Å². The van der Waals surface area contributed by atoms with E-state index in [2.05, 4.69) is 9.97 Å². The Balaban J connectivity index is 0.000000280. The van der Waals surface area contributed by atoms with Crippen LogP contribution in [0.2, 0.25) is 0 Å². The second-order valence-corrected chi connectivity index (χ2v) is 4.14. The summed E-state index contributed by atoms with van der Waals surface area (Å²) < 4.78 is 59.3. The first-order valence-electron chi connectivity index (χ1n) is 2.81. The van der Waals surface area contributed by atoms with Crippen molar-refractivity contribution >= 4 is 20.8 Å². The van der Waals surface area contributed by atoms with Crippen molar-refractivity contribution in [3.63, 3.8) is 0 Å². The van der Waals surface area contributed by atoms with E-state index in [1.54, 1.807) is 18.7 Å². The fourth-order valence-corrected chi connectivity index (χ4v) is 1.29. The van der Waals surface area contributed by atoms with Gasteiger partial charge in [-0.3, -0.25) is 0 Å². The molecular formula is C3H5F2N3O4S2. The van der Waals surface area contributed by atoms with E-state index in [1.165, 1.54) is 0 Å². The predicted molar refractivity (Wildman–Crippen MR) is 41.8 cm³/mol. The molecule has 0 fully saturated rings. The summed E-state index contributed by atoms with van der Waals surface area (Å²) in [7, 11) is -11.0. The summed E-state index contributed by atoms with van der Waals surface area (Å²) in [5, 5.41) is 0. The molecule has 1 aromatic rings. The summed E-state index contributed by atoms with van der Waals surface area (Å²) in [6.45, 7) is 0. The van der Waals surface area contributed by atoms with Gasteiger partial charge in [-0.1, -0.05) is 11.9 Å². The van der Waals surface area contributed by atoms with Crippen LogP contribution in [-0.4, -0.2) is 26.8 Å². The highest BCUT2D eigenvalue weighted by Crippen LogP contribution is 1.90. The molecule has 0 aromatic carbocycles. The molecule has 1 aromatic heterocycles.